The van der Waals surface area contributed by atoms with Crippen LogP contribution in [0, 0.1) is 0 Å². The van der Waals surface area contributed by atoms with Crippen molar-refractivity contribution in [2.75, 3.05) is 0 Å². The number of hydrogen-bond donors (Lipinski definition) is 0. The molecule has 4 rings (SSSR count). The number of nitrogens with zero attached hydrogens (tertiary/aromatic N) is 2. The van der Waals surface area contributed by atoms with Gasteiger partial charge in [0.15, 0.2) is 0 Å². The number of rotatable bonds is 8. The molecule has 0 bridgehead atoms. The molecule has 0 aliphatic rings. The first-order valence-electron chi connectivity index (χ1n) is 13.6. The second-order valence-electron chi connectivity index (χ2n) is 11.2. The van der Waals surface area contributed by atoms with Gasteiger partial charge in [-0.25, -0.2) is 0 Å². The van der Waals surface area contributed by atoms with Gasteiger partial charge in [0.2, 0.25) is 0 Å². The number of carbonyl (C=O) groups excluding carboxylic acids is 1. The van der Waals surface area contributed by atoms with Crippen molar-refractivity contribution in [3.63, 3.8) is 0 Å². The lowest BCUT2D eigenvalue weighted by Crippen LogP contribution is -2.40. The molecular formula is C34H41N2O+. The molecule has 4 aromatic rings. The summed E-state index contributed by atoms with van der Waals surface area (Å²) in [4.78, 5) is 14.4. The van der Waals surface area contributed by atoms with Gasteiger partial charge >= 0.3 is 5.82 Å². The van der Waals surface area contributed by atoms with Crippen LogP contribution in [0.4, 0.5) is 0 Å². The maximum Gasteiger partial charge on any atom is 0.341 e. The first-order chi connectivity index (χ1) is 17.6. The van der Waals surface area contributed by atoms with E-state index in [4.69, 9.17) is 0 Å². The lowest BCUT2D eigenvalue weighted by atomic mass is 9.92. The maximum absolute atomic E-state index is 14.4. The summed E-state index contributed by atoms with van der Waals surface area (Å²) in [5.41, 5.74) is 7.93. The SMILES string of the molecule is CC(C)c1cccc(C(C)C)c1-n1cc[n+](-c2c(C(C)C)cccc2C(C)C)c1C(=O)c1ccccc1. The molecule has 0 saturated carbocycles. The highest BCUT2D eigenvalue weighted by molar-refractivity contribution is 6.06. The normalized spacial score (nSPS) is 11.8. The van der Waals surface area contributed by atoms with Crippen molar-refractivity contribution < 1.29 is 9.36 Å². The third kappa shape index (κ3) is 5.05. The summed E-state index contributed by atoms with van der Waals surface area (Å²) in [6.07, 6.45) is 4.18. The van der Waals surface area contributed by atoms with Crippen molar-refractivity contribution in [2.45, 2.75) is 79.1 Å². The van der Waals surface area contributed by atoms with Crippen molar-refractivity contribution in [1.82, 2.24) is 4.57 Å². The first-order valence-corrected chi connectivity index (χ1v) is 13.6. The fraction of sp³-hybridized carbons (Fsp3) is 0.353. The van der Waals surface area contributed by atoms with E-state index in [0.717, 1.165) is 11.4 Å². The molecule has 0 spiro atoms. The minimum absolute atomic E-state index is 0.0205. The van der Waals surface area contributed by atoms with Crippen molar-refractivity contribution >= 4 is 5.78 Å². The van der Waals surface area contributed by atoms with E-state index in [-0.39, 0.29) is 5.78 Å². The monoisotopic (exact) mass is 493 g/mol. The van der Waals surface area contributed by atoms with Gasteiger partial charge in [0.05, 0.1) is 0 Å². The third-order valence-corrected chi connectivity index (χ3v) is 7.23. The highest BCUT2D eigenvalue weighted by Crippen LogP contribution is 2.33. The van der Waals surface area contributed by atoms with Gasteiger partial charge in [0, 0.05) is 27.8 Å². The Kier molecular flexibility index (Phi) is 7.82. The lowest BCUT2D eigenvalue weighted by Gasteiger charge is -2.19. The Morgan fingerprint density at radius 3 is 1.54 bits per heavy atom. The van der Waals surface area contributed by atoms with E-state index >= 15 is 0 Å². The Balaban J connectivity index is 2.14. The van der Waals surface area contributed by atoms with E-state index in [0.29, 0.717) is 35.1 Å². The summed E-state index contributed by atoms with van der Waals surface area (Å²) >= 11 is 0. The fourth-order valence-electron chi connectivity index (χ4n) is 5.27. The predicted molar refractivity (Wildman–Crippen MR) is 154 cm³/mol. The molecule has 1 heterocycles. The topological polar surface area (TPSA) is 25.9 Å². The number of imidazole rings is 1. The molecule has 0 atom stereocenters. The Bertz CT molecular complexity index is 1260. The number of carbonyl (C=O) groups is 1. The average molecular weight is 494 g/mol. The van der Waals surface area contributed by atoms with Crippen LogP contribution in [0.3, 0.4) is 0 Å². The Hall–Kier alpha value is -3.46. The van der Waals surface area contributed by atoms with Crippen molar-refractivity contribution in [2.24, 2.45) is 0 Å². The minimum atomic E-state index is 0.0205. The van der Waals surface area contributed by atoms with E-state index in [1.807, 2.05) is 30.3 Å². The van der Waals surface area contributed by atoms with Crippen LogP contribution in [0.1, 0.15) is 117 Å². The zero-order valence-corrected chi connectivity index (χ0v) is 23.6. The zero-order valence-electron chi connectivity index (χ0n) is 23.6. The summed E-state index contributed by atoms with van der Waals surface area (Å²) in [5, 5.41) is 0. The Labute approximate surface area is 222 Å². The molecular weight excluding hydrogens is 452 g/mol. The molecule has 3 nitrogen and oxygen atoms in total. The third-order valence-electron chi connectivity index (χ3n) is 7.23. The summed E-state index contributed by atoms with van der Waals surface area (Å²) in [7, 11) is 0. The highest BCUT2D eigenvalue weighted by Gasteiger charge is 2.34. The second kappa shape index (κ2) is 10.9. The predicted octanol–water partition coefficient (Wildman–Crippen LogP) is 8.48. The number of hydrogen-bond acceptors (Lipinski definition) is 1. The van der Waals surface area contributed by atoms with Gasteiger partial charge in [0.25, 0.3) is 5.78 Å². The molecule has 3 heteroatoms. The van der Waals surface area contributed by atoms with Gasteiger partial charge in [0.1, 0.15) is 23.8 Å². The molecule has 3 aromatic carbocycles. The van der Waals surface area contributed by atoms with E-state index in [9.17, 15) is 4.79 Å². The molecule has 0 aliphatic heterocycles. The van der Waals surface area contributed by atoms with Gasteiger partial charge in [-0.2, -0.15) is 9.13 Å². The minimum Gasteiger partial charge on any atom is -0.280 e. The van der Waals surface area contributed by atoms with Gasteiger partial charge in [-0.05, 0) is 23.7 Å². The number of benzene rings is 3. The molecule has 192 valence electrons. The van der Waals surface area contributed by atoms with Gasteiger partial charge < -0.3 is 0 Å². The average Bonchev–Trinajstić information content (AvgIpc) is 3.32. The number of ketones is 1. The van der Waals surface area contributed by atoms with Crippen molar-refractivity contribution in [1.29, 1.82) is 0 Å². The summed E-state index contributed by atoms with van der Waals surface area (Å²) in [6, 6.07) is 22.8. The van der Waals surface area contributed by atoms with Gasteiger partial charge in [-0.3, -0.25) is 4.79 Å². The molecule has 0 saturated heterocycles. The Morgan fingerprint density at radius 2 is 1.08 bits per heavy atom. The van der Waals surface area contributed by atoms with Crippen LogP contribution >= 0.6 is 0 Å². The molecule has 0 fully saturated rings. The van der Waals surface area contributed by atoms with Crippen LogP contribution in [0.15, 0.2) is 79.1 Å². The van der Waals surface area contributed by atoms with E-state index in [1.54, 1.807) is 0 Å². The van der Waals surface area contributed by atoms with Gasteiger partial charge in [-0.15, -0.1) is 0 Å². The van der Waals surface area contributed by atoms with Crippen molar-refractivity contribution in [3.8, 4) is 11.4 Å². The number of aromatic nitrogens is 2. The second-order valence-corrected chi connectivity index (χ2v) is 11.2. The smallest absolute Gasteiger partial charge is 0.280 e. The van der Waals surface area contributed by atoms with Crippen LogP contribution in [0.25, 0.3) is 11.4 Å². The van der Waals surface area contributed by atoms with E-state index in [1.165, 1.54) is 22.3 Å². The van der Waals surface area contributed by atoms with Crippen LogP contribution in [-0.4, -0.2) is 10.4 Å². The van der Waals surface area contributed by atoms with Crippen LogP contribution in [0.5, 0.6) is 0 Å². The van der Waals surface area contributed by atoms with Gasteiger partial charge in [-0.1, -0.05) is 122 Å². The van der Waals surface area contributed by atoms with E-state index < -0.39 is 0 Å². The van der Waals surface area contributed by atoms with Crippen LogP contribution in [-0.2, 0) is 0 Å². The summed E-state index contributed by atoms with van der Waals surface area (Å²) in [6.45, 7) is 17.8. The number of para-hydroxylation sites is 2. The van der Waals surface area contributed by atoms with Crippen molar-refractivity contribution in [3.05, 3.63) is 113 Å². The largest absolute Gasteiger partial charge is 0.341 e. The molecule has 37 heavy (non-hydrogen) atoms. The standard InChI is InChI=1S/C34H41N2O/c1-22(2)27-16-12-17-28(23(3)4)31(27)35-20-21-36(34(35)33(37)26-14-10-9-11-15-26)32-29(24(5)6)18-13-19-30(32)25(7)8/h9-25H,1-8H3/q+1. The van der Waals surface area contributed by atoms with Crippen LogP contribution in [0.2, 0.25) is 0 Å². The molecule has 0 radical (unpaired) electrons. The zero-order chi connectivity index (χ0) is 26.9. The molecule has 0 N–H and O–H groups in total. The quantitative estimate of drug-likeness (QED) is 0.178. The first kappa shape index (κ1) is 26.6. The molecule has 0 unspecified atom stereocenters. The Morgan fingerprint density at radius 1 is 0.622 bits per heavy atom. The molecule has 0 aliphatic carbocycles. The highest BCUT2D eigenvalue weighted by atomic mass is 16.1. The van der Waals surface area contributed by atoms with E-state index in [2.05, 4.69) is 113 Å². The lowest BCUT2D eigenvalue weighted by molar-refractivity contribution is -0.598. The molecule has 1 aromatic heterocycles. The summed E-state index contributed by atoms with van der Waals surface area (Å²) < 4.78 is 4.31. The molecule has 0 amide bonds. The fourth-order valence-corrected chi connectivity index (χ4v) is 5.27. The summed E-state index contributed by atoms with van der Waals surface area (Å²) in [5.74, 6) is 1.96. The van der Waals surface area contributed by atoms with Crippen LogP contribution < -0.4 is 4.57 Å². The maximum atomic E-state index is 14.4.